The lowest BCUT2D eigenvalue weighted by Crippen LogP contribution is -2.26. The number of hydrogen-bond acceptors (Lipinski definition) is 4. The molecule has 3 aromatic rings. The first-order valence-electron chi connectivity index (χ1n) is 8.83. The number of nitrogens with zero attached hydrogens (tertiary/aromatic N) is 1. The quantitative estimate of drug-likeness (QED) is 0.702. The van der Waals surface area contributed by atoms with Crippen LogP contribution in [0.1, 0.15) is 39.7 Å². The summed E-state index contributed by atoms with van der Waals surface area (Å²) in [6, 6.07) is 13.2. The van der Waals surface area contributed by atoms with E-state index in [0.29, 0.717) is 23.0 Å². The van der Waals surface area contributed by atoms with Gasteiger partial charge in [-0.2, -0.15) is 0 Å². The molecule has 2 N–H and O–H groups in total. The van der Waals surface area contributed by atoms with Crippen LogP contribution < -0.4 is 10.6 Å². The van der Waals surface area contributed by atoms with Gasteiger partial charge >= 0.3 is 0 Å². The summed E-state index contributed by atoms with van der Waals surface area (Å²) in [6.45, 7) is 2.59. The largest absolute Gasteiger partial charge is 0.348 e. The Morgan fingerprint density at radius 1 is 1.19 bits per heavy atom. The zero-order valence-electron chi connectivity index (χ0n) is 14.3. The van der Waals surface area contributed by atoms with Crippen LogP contribution in [0, 0.1) is 0 Å². The maximum Gasteiger partial charge on any atom is 0.251 e. The molecule has 1 saturated heterocycles. The molecule has 6 heteroatoms. The number of carbonyl (C=O) groups is 1. The minimum absolute atomic E-state index is 0.0707. The molecule has 4 rings (SSSR count). The number of nitrogens with one attached hydrogen (secondary N) is 2. The summed E-state index contributed by atoms with van der Waals surface area (Å²) < 4.78 is 1.08. The van der Waals surface area contributed by atoms with E-state index in [1.165, 1.54) is 5.01 Å². The van der Waals surface area contributed by atoms with Gasteiger partial charge in [0.15, 0.2) is 0 Å². The SMILES string of the molecule is O=C(NCc1ccc(Cl)cc1)c1ccc2nc(C3CCNCC3)sc2c1. The summed E-state index contributed by atoms with van der Waals surface area (Å²) in [4.78, 5) is 17.3. The number of carbonyl (C=O) groups excluding carboxylic acids is 1. The normalized spacial score (nSPS) is 15.3. The van der Waals surface area contributed by atoms with E-state index in [9.17, 15) is 4.79 Å². The molecule has 1 aliphatic heterocycles. The summed E-state index contributed by atoms with van der Waals surface area (Å²) in [6.07, 6.45) is 2.27. The third-order valence-electron chi connectivity index (χ3n) is 4.72. The molecule has 0 unspecified atom stereocenters. The van der Waals surface area contributed by atoms with Gasteiger partial charge in [-0.25, -0.2) is 4.98 Å². The van der Waals surface area contributed by atoms with E-state index in [4.69, 9.17) is 16.6 Å². The van der Waals surface area contributed by atoms with Gasteiger partial charge in [0.25, 0.3) is 5.91 Å². The van der Waals surface area contributed by atoms with E-state index in [0.717, 1.165) is 41.7 Å². The van der Waals surface area contributed by atoms with Crippen molar-refractivity contribution < 1.29 is 4.79 Å². The van der Waals surface area contributed by atoms with Crippen molar-refractivity contribution in [3.8, 4) is 0 Å². The molecule has 0 atom stereocenters. The van der Waals surface area contributed by atoms with Crippen LogP contribution in [-0.4, -0.2) is 24.0 Å². The maximum atomic E-state index is 12.5. The smallest absolute Gasteiger partial charge is 0.251 e. The Hall–Kier alpha value is -1.95. The Labute approximate surface area is 161 Å². The zero-order chi connectivity index (χ0) is 17.9. The van der Waals surface area contributed by atoms with Crippen LogP contribution in [0.3, 0.4) is 0 Å². The lowest BCUT2D eigenvalue weighted by atomic mass is 9.99. The van der Waals surface area contributed by atoms with Gasteiger partial charge in [-0.1, -0.05) is 23.7 Å². The Kier molecular flexibility index (Phi) is 5.20. The fourth-order valence-corrected chi connectivity index (χ4v) is 4.52. The highest BCUT2D eigenvalue weighted by molar-refractivity contribution is 7.18. The van der Waals surface area contributed by atoms with Gasteiger partial charge in [0.1, 0.15) is 0 Å². The lowest BCUT2D eigenvalue weighted by Gasteiger charge is -2.20. The van der Waals surface area contributed by atoms with E-state index < -0.39 is 0 Å². The molecule has 2 heterocycles. The zero-order valence-corrected chi connectivity index (χ0v) is 15.9. The Morgan fingerprint density at radius 2 is 1.96 bits per heavy atom. The molecule has 0 saturated carbocycles. The molecule has 1 aromatic heterocycles. The molecular weight excluding hydrogens is 366 g/mol. The van der Waals surface area contributed by atoms with E-state index in [1.54, 1.807) is 11.3 Å². The molecule has 2 aromatic carbocycles. The van der Waals surface area contributed by atoms with E-state index >= 15 is 0 Å². The van der Waals surface area contributed by atoms with Gasteiger partial charge in [0, 0.05) is 23.0 Å². The van der Waals surface area contributed by atoms with Crippen LogP contribution in [-0.2, 0) is 6.54 Å². The summed E-state index contributed by atoms with van der Waals surface area (Å²) in [5, 5.41) is 8.24. The molecule has 0 radical (unpaired) electrons. The highest BCUT2D eigenvalue weighted by atomic mass is 35.5. The second kappa shape index (κ2) is 7.74. The first-order chi connectivity index (χ1) is 12.7. The Balaban J connectivity index is 1.47. The van der Waals surface area contributed by atoms with Crippen molar-refractivity contribution >= 4 is 39.1 Å². The molecule has 1 aliphatic rings. The van der Waals surface area contributed by atoms with Gasteiger partial charge in [-0.3, -0.25) is 4.79 Å². The van der Waals surface area contributed by atoms with Crippen molar-refractivity contribution in [2.75, 3.05) is 13.1 Å². The molecule has 26 heavy (non-hydrogen) atoms. The van der Waals surface area contributed by atoms with Crippen LogP contribution in [0.4, 0.5) is 0 Å². The molecule has 134 valence electrons. The average molecular weight is 386 g/mol. The first kappa shape index (κ1) is 17.5. The molecule has 4 nitrogen and oxygen atoms in total. The predicted molar refractivity (Wildman–Crippen MR) is 107 cm³/mol. The number of aromatic nitrogens is 1. The molecule has 0 aliphatic carbocycles. The monoisotopic (exact) mass is 385 g/mol. The van der Waals surface area contributed by atoms with Crippen LogP contribution in [0.2, 0.25) is 5.02 Å². The predicted octanol–water partition coefficient (Wildman–Crippen LogP) is 4.35. The highest BCUT2D eigenvalue weighted by Crippen LogP contribution is 2.32. The number of halogens is 1. The molecule has 1 fully saturated rings. The molecule has 1 amide bonds. The van der Waals surface area contributed by atoms with Gasteiger partial charge in [0.05, 0.1) is 15.2 Å². The second-order valence-corrected chi connectivity index (χ2v) is 8.07. The highest BCUT2D eigenvalue weighted by Gasteiger charge is 2.19. The van der Waals surface area contributed by atoms with Gasteiger partial charge in [-0.05, 0) is 61.8 Å². The van der Waals surface area contributed by atoms with Crippen LogP contribution >= 0.6 is 22.9 Å². The van der Waals surface area contributed by atoms with Crippen molar-refractivity contribution in [1.82, 2.24) is 15.6 Å². The van der Waals surface area contributed by atoms with Gasteiger partial charge in [0.2, 0.25) is 0 Å². The summed E-state index contributed by atoms with van der Waals surface area (Å²) in [5.41, 5.74) is 2.68. The van der Waals surface area contributed by atoms with Crippen molar-refractivity contribution in [3.05, 3.63) is 63.6 Å². The van der Waals surface area contributed by atoms with Gasteiger partial charge < -0.3 is 10.6 Å². The number of benzene rings is 2. The summed E-state index contributed by atoms with van der Waals surface area (Å²) >= 11 is 7.61. The number of amides is 1. The van der Waals surface area contributed by atoms with Crippen molar-refractivity contribution in [3.63, 3.8) is 0 Å². The fourth-order valence-electron chi connectivity index (χ4n) is 3.21. The number of fused-ring (bicyclic) bond motifs is 1. The van der Waals surface area contributed by atoms with Crippen molar-refractivity contribution in [2.45, 2.75) is 25.3 Å². The number of thiazole rings is 1. The van der Waals surface area contributed by atoms with Gasteiger partial charge in [-0.15, -0.1) is 11.3 Å². The number of hydrogen-bond donors (Lipinski definition) is 2. The topological polar surface area (TPSA) is 54.0 Å². The minimum Gasteiger partial charge on any atom is -0.348 e. The van der Waals surface area contributed by atoms with Crippen LogP contribution in [0.25, 0.3) is 10.2 Å². The Bertz CT molecular complexity index is 916. The Morgan fingerprint density at radius 3 is 2.73 bits per heavy atom. The number of rotatable bonds is 4. The third kappa shape index (κ3) is 3.90. The number of piperidine rings is 1. The molecule has 0 bridgehead atoms. The van der Waals surface area contributed by atoms with Crippen LogP contribution in [0.15, 0.2) is 42.5 Å². The fraction of sp³-hybridized carbons (Fsp3) is 0.300. The molecule has 0 spiro atoms. The second-order valence-electron chi connectivity index (χ2n) is 6.57. The van der Waals surface area contributed by atoms with E-state index in [1.807, 2.05) is 42.5 Å². The van der Waals surface area contributed by atoms with Crippen molar-refractivity contribution in [2.24, 2.45) is 0 Å². The summed E-state index contributed by atoms with van der Waals surface area (Å²) in [5.74, 6) is 0.467. The minimum atomic E-state index is -0.0707. The standard InChI is InChI=1S/C20H20ClN3OS/c21-16-4-1-13(2-5-16)12-23-19(25)15-3-6-17-18(11-15)26-20(24-17)14-7-9-22-10-8-14/h1-6,11,14,22H,7-10,12H2,(H,23,25). The third-order valence-corrected chi connectivity index (χ3v) is 6.15. The lowest BCUT2D eigenvalue weighted by molar-refractivity contribution is 0.0951. The van der Waals surface area contributed by atoms with E-state index in [2.05, 4.69) is 10.6 Å². The average Bonchev–Trinajstić information content (AvgIpc) is 3.11. The van der Waals surface area contributed by atoms with Crippen LogP contribution in [0.5, 0.6) is 0 Å². The first-order valence-corrected chi connectivity index (χ1v) is 10.0. The van der Waals surface area contributed by atoms with Crippen molar-refractivity contribution in [1.29, 1.82) is 0 Å². The van der Waals surface area contributed by atoms with E-state index in [-0.39, 0.29) is 5.91 Å². The molecular formula is C20H20ClN3OS. The maximum absolute atomic E-state index is 12.5. The summed E-state index contributed by atoms with van der Waals surface area (Å²) in [7, 11) is 0.